The van der Waals surface area contributed by atoms with E-state index in [0.717, 1.165) is 25.0 Å². The third-order valence-electron chi connectivity index (χ3n) is 2.70. The maximum absolute atomic E-state index is 5.24. The van der Waals surface area contributed by atoms with E-state index in [0.29, 0.717) is 0 Å². The van der Waals surface area contributed by atoms with Crippen LogP contribution in [0.15, 0.2) is 0 Å². The summed E-state index contributed by atoms with van der Waals surface area (Å²) in [5, 5.41) is 3.27. The Labute approximate surface area is 83.1 Å². The van der Waals surface area contributed by atoms with E-state index in [9.17, 15) is 0 Å². The molecule has 2 heteroatoms. The Morgan fingerprint density at radius 1 is 1.23 bits per heavy atom. The first-order valence-corrected chi connectivity index (χ1v) is 5.43. The molecule has 0 radical (unpaired) electrons. The molecular formula is C11H25NO. The lowest BCUT2D eigenvalue weighted by atomic mass is 9.87. The van der Waals surface area contributed by atoms with E-state index in [2.05, 4.69) is 19.2 Å². The molecule has 1 N–H and O–H groups in total. The van der Waals surface area contributed by atoms with Gasteiger partial charge in [-0.1, -0.05) is 26.7 Å². The average Bonchev–Trinajstić information content (AvgIpc) is 2.14. The van der Waals surface area contributed by atoms with Crippen LogP contribution in [0, 0.1) is 11.8 Å². The van der Waals surface area contributed by atoms with E-state index in [1.807, 2.05) is 7.05 Å². The zero-order chi connectivity index (χ0) is 10.1. The molecular weight excluding hydrogens is 162 g/mol. The zero-order valence-corrected chi connectivity index (χ0v) is 9.60. The number of hydrogen-bond acceptors (Lipinski definition) is 2. The molecule has 0 rings (SSSR count). The van der Waals surface area contributed by atoms with Crippen LogP contribution in [0.2, 0.25) is 0 Å². The number of ether oxygens (including phenoxy) is 1. The van der Waals surface area contributed by atoms with E-state index in [1.165, 1.54) is 19.3 Å². The summed E-state index contributed by atoms with van der Waals surface area (Å²) < 4.78 is 5.24. The topological polar surface area (TPSA) is 21.3 Å². The van der Waals surface area contributed by atoms with Crippen molar-refractivity contribution < 1.29 is 4.74 Å². The summed E-state index contributed by atoms with van der Waals surface area (Å²) in [6.07, 6.45) is 3.80. The molecule has 0 aromatic rings. The summed E-state index contributed by atoms with van der Waals surface area (Å²) in [5.74, 6) is 1.50. The molecule has 0 fully saturated rings. The molecule has 0 bridgehead atoms. The summed E-state index contributed by atoms with van der Waals surface area (Å²) in [6, 6.07) is 0. The van der Waals surface area contributed by atoms with Crippen molar-refractivity contribution in [3.8, 4) is 0 Å². The molecule has 0 amide bonds. The van der Waals surface area contributed by atoms with Crippen molar-refractivity contribution in [2.24, 2.45) is 11.8 Å². The highest BCUT2D eigenvalue weighted by Crippen LogP contribution is 2.20. The number of hydrogen-bond donors (Lipinski definition) is 1. The summed E-state index contributed by atoms with van der Waals surface area (Å²) >= 11 is 0. The van der Waals surface area contributed by atoms with Gasteiger partial charge in [0.2, 0.25) is 0 Å². The fourth-order valence-corrected chi connectivity index (χ4v) is 1.94. The van der Waals surface area contributed by atoms with Crippen LogP contribution in [0.25, 0.3) is 0 Å². The van der Waals surface area contributed by atoms with E-state index in [4.69, 9.17) is 4.74 Å². The largest absolute Gasteiger partial charge is 0.384 e. The Bertz CT molecular complexity index is 100. The van der Waals surface area contributed by atoms with Crippen LogP contribution in [0.5, 0.6) is 0 Å². The van der Waals surface area contributed by atoms with Crippen molar-refractivity contribution in [3.63, 3.8) is 0 Å². The lowest BCUT2D eigenvalue weighted by Crippen LogP contribution is -2.28. The molecule has 0 aromatic heterocycles. The molecule has 0 aromatic carbocycles. The first kappa shape index (κ1) is 12.9. The van der Waals surface area contributed by atoms with Gasteiger partial charge in [0.1, 0.15) is 0 Å². The van der Waals surface area contributed by atoms with E-state index >= 15 is 0 Å². The van der Waals surface area contributed by atoms with Crippen molar-refractivity contribution in [3.05, 3.63) is 0 Å². The smallest absolute Gasteiger partial charge is 0.0493 e. The average molecular weight is 187 g/mol. The van der Waals surface area contributed by atoms with E-state index < -0.39 is 0 Å². The predicted octanol–water partition coefficient (Wildman–Crippen LogP) is 2.29. The van der Waals surface area contributed by atoms with Gasteiger partial charge in [-0.05, 0) is 31.8 Å². The molecule has 0 aliphatic carbocycles. The first-order chi connectivity index (χ1) is 6.29. The summed E-state index contributed by atoms with van der Waals surface area (Å²) in [7, 11) is 3.83. The second kappa shape index (κ2) is 8.52. The quantitative estimate of drug-likeness (QED) is 0.629. The first-order valence-electron chi connectivity index (χ1n) is 5.43. The van der Waals surface area contributed by atoms with Gasteiger partial charge in [-0.25, -0.2) is 0 Å². The third-order valence-corrected chi connectivity index (χ3v) is 2.70. The van der Waals surface area contributed by atoms with Crippen molar-refractivity contribution in [1.82, 2.24) is 5.32 Å². The zero-order valence-electron chi connectivity index (χ0n) is 9.60. The third kappa shape index (κ3) is 5.27. The monoisotopic (exact) mass is 187 g/mol. The molecule has 0 heterocycles. The van der Waals surface area contributed by atoms with Crippen LogP contribution in [0.4, 0.5) is 0 Å². The fraction of sp³-hybridized carbons (Fsp3) is 1.00. The van der Waals surface area contributed by atoms with Gasteiger partial charge in [0, 0.05) is 13.7 Å². The number of methoxy groups -OCH3 is 1. The standard InChI is InChI=1S/C11H25NO/c1-5-7-11(8-12-3)10(6-2)9-13-4/h10-12H,5-9H2,1-4H3. The minimum Gasteiger partial charge on any atom is -0.384 e. The lowest BCUT2D eigenvalue weighted by Gasteiger charge is -2.25. The van der Waals surface area contributed by atoms with Crippen LogP contribution in [0.1, 0.15) is 33.1 Å². The van der Waals surface area contributed by atoms with Gasteiger partial charge in [0.05, 0.1) is 0 Å². The van der Waals surface area contributed by atoms with Crippen LogP contribution in [-0.4, -0.2) is 27.3 Å². The number of nitrogens with one attached hydrogen (secondary N) is 1. The van der Waals surface area contributed by atoms with Gasteiger partial charge < -0.3 is 10.1 Å². The number of rotatable bonds is 8. The summed E-state index contributed by atoms with van der Waals surface area (Å²) in [6.45, 7) is 6.53. The van der Waals surface area contributed by atoms with Crippen molar-refractivity contribution in [2.75, 3.05) is 27.3 Å². The van der Waals surface area contributed by atoms with Crippen LogP contribution < -0.4 is 5.32 Å². The molecule has 0 saturated carbocycles. The molecule has 0 aliphatic rings. The predicted molar refractivity (Wildman–Crippen MR) is 58.0 cm³/mol. The van der Waals surface area contributed by atoms with Gasteiger partial charge in [-0.2, -0.15) is 0 Å². The normalized spacial score (nSPS) is 15.7. The minimum absolute atomic E-state index is 0.720. The second-order valence-corrected chi connectivity index (χ2v) is 3.73. The van der Waals surface area contributed by atoms with Gasteiger partial charge in [0.15, 0.2) is 0 Å². The SMILES string of the molecule is CCCC(CNC)C(CC)COC. The van der Waals surface area contributed by atoms with Gasteiger partial charge in [0.25, 0.3) is 0 Å². The highest BCUT2D eigenvalue weighted by atomic mass is 16.5. The van der Waals surface area contributed by atoms with Gasteiger partial charge >= 0.3 is 0 Å². The highest BCUT2D eigenvalue weighted by Gasteiger charge is 2.17. The van der Waals surface area contributed by atoms with Crippen LogP contribution in [0.3, 0.4) is 0 Å². The molecule has 80 valence electrons. The minimum atomic E-state index is 0.720. The molecule has 13 heavy (non-hydrogen) atoms. The van der Waals surface area contributed by atoms with Crippen LogP contribution >= 0.6 is 0 Å². The van der Waals surface area contributed by atoms with E-state index in [-0.39, 0.29) is 0 Å². The van der Waals surface area contributed by atoms with Crippen molar-refractivity contribution >= 4 is 0 Å². The van der Waals surface area contributed by atoms with Gasteiger partial charge in [-0.3, -0.25) is 0 Å². The fourth-order valence-electron chi connectivity index (χ4n) is 1.94. The van der Waals surface area contributed by atoms with E-state index in [1.54, 1.807) is 7.11 Å². The molecule has 2 unspecified atom stereocenters. The molecule has 2 nitrogen and oxygen atoms in total. The highest BCUT2D eigenvalue weighted by molar-refractivity contribution is 4.70. The van der Waals surface area contributed by atoms with Gasteiger partial charge in [-0.15, -0.1) is 0 Å². The Morgan fingerprint density at radius 2 is 1.92 bits per heavy atom. The Hall–Kier alpha value is -0.0800. The maximum atomic E-state index is 5.24. The second-order valence-electron chi connectivity index (χ2n) is 3.73. The maximum Gasteiger partial charge on any atom is 0.0493 e. The molecule has 0 spiro atoms. The van der Waals surface area contributed by atoms with Crippen molar-refractivity contribution in [1.29, 1.82) is 0 Å². The molecule has 0 aliphatic heterocycles. The molecule has 2 atom stereocenters. The Morgan fingerprint density at radius 3 is 2.31 bits per heavy atom. The summed E-state index contributed by atoms with van der Waals surface area (Å²) in [4.78, 5) is 0. The Kier molecular flexibility index (Phi) is 8.46. The molecule has 0 saturated heterocycles. The van der Waals surface area contributed by atoms with Crippen LogP contribution in [-0.2, 0) is 4.74 Å². The lowest BCUT2D eigenvalue weighted by molar-refractivity contribution is 0.113. The Balaban J connectivity index is 3.94. The van der Waals surface area contributed by atoms with Crippen molar-refractivity contribution in [2.45, 2.75) is 33.1 Å². The summed E-state index contributed by atoms with van der Waals surface area (Å²) in [5.41, 5.74) is 0.